The van der Waals surface area contributed by atoms with E-state index in [0.29, 0.717) is 11.9 Å². The summed E-state index contributed by atoms with van der Waals surface area (Å²) in [6, 6.07) is 0. The van der Waals surface area contributed by atoms with Gasteiger partial charge in [0.05, 0.1) is 0 Å². The fourth-order valence-corrected chi connectivity index (χ4v) is 0.912. The Kier molecular flexibility index (Phi) is 4.53. The lowest BCUT2D eigenvalue weighted by atomic mass is 10.1. The Morgan fingerprint density at radius 1 is 1.36 bits per heavy atom. The molecule has 0 spiro atoms. The molecule has 5 heteroatoms. The van der Waals surface area contributed by atoms with Gasteiger partial charge in [-0.1, -0.05) is 19.9 Å². The van der Waals surface area contributed by atoms with Crippen LogP contribution in [0.1, 0.15) is 20.8 Å². The van der Waals surface area contributed by atoms with Gasteiger partial charge in [0.2, 0.25) is 0 Å². The molecule has 0 fully saturated rings. The van der Waals surface area contributed by atoms with Crippen molar-refractivity contribution in [3.63, 3.8) is 0 Å². The van der Waals surface area contributed by atoms with Crippen LogP contribution in [0.2, 0.25) is 0 Å². The number of nitrogens with one attached hydrogen (secondary N) is 1. The summed E-state index contributed by atoms with van der Waals surface area (Å²) in [5.41, 5.74) is 4.46. The zero-order valence-corrected chi connectivity index (χ0v) is 8.44. The standard InChI is InChI=1S/C9H15F3N2/c1-4-7(6(2)3)14-8(5-13)9(10,11)12/h4-6,14H,13H2,1-3H3/b7-4-,8-5-. The first-order chi connectivity index (χ1) is 6.32. The van der Waals surface area contributed by atoms with Crippen LogP contribution in [0.25, 0.3) is 0 Å². The smallest absolute Gasteiger partial charge is 0.403 e. The molecule has 0 heterocycles. The van der Waals surface area contributed by atoms with Gasteiger partial charge in [0.25, 0.3) is 0 Å². The first-order valence-electron chi connectivity index (χ1n) is 4.25. The van der Waals surface area contributed by atoms with E-state index in [9.17, 15) is 13.2 Å². The summed E-state index contributed by atoms with van der Waals surface area (Å²) in [6.45, 7) is 5.27. The number of nitrogens with two attached hydrogens (primary N) is 1. The fraction of sp³-hybridized carbons (Fsp3) is 0.556. The second-order valence-electron chi connectivity index (χ2n) is 3.10. The van der Waals surface area contributed by atoms with Crippen molar-refractivity contribution in [1.82, 2.24) is 5.32 Å². The molecule has 0 aliphatic carbocycles. The number of hydrogen-bond acceptors (Lipinski definition) is 2. The van der Waals surface area contributed by atoms with Gasteiger partial charge in [-0.2, -0.15) is 13.2 Å². The molecular formula is C9H15F3N2. The summed E-state index contributed by atoms with van der Waals surface area (Å²) >= 11 is 0. The van der Waals surface area contributed by atoms with Crippen molar-refractivity contribution in [1.29, 1.82) is 0 Å². The molecule has 0 bridgehead atoms. The van der Waals surface area contributed by atoms with Crippen LogP contribution in [0.3, 0.4) is 0 Å². The van der Waals surface area contributed by atoms with Gasteiger partial charge in [-0.25, -0.2) is 0 Å². The minimum atomic E-state index is -4.43. The van der Waals surface area contributed by atoms with Gasteiger partial charge in [-0.3, -0.25) is 0 Å². The zero-order chi connectivity index (χ0) is 11.4. The van der Waals surface area contributed by atoms with E-state index in [0.717, 1.165) is 0 Å². The average Bonchev–Trinajstić information content (AvgIpc) is 2.03. The monoisotopic (exact) mass is 208 g/mol. The molecule has 0 atom stereocenters. The molecule has 0 unspecified atom stereocenters. The number of alkyl halides is 3. The quantitative estimate of drug-likeness (QED) is 0.747. The summed E-state index contributed by atoms with van der Waals surface area (Å²) < 4.78 is 36.7. The molecule has 82 valence electrons. The molecule has 0 saturated heterocycles. The van der Waals surface area contributed by atoms with E-state index in [1.54, 1.807) is 26.8 Å². The van der Waals surface area contributed by atoms with Crippen LogP contribution in [-0.4, -0.2) is 6.18 Å². The van der Waals surface area contributed by atoms with E-state index in [1.807, 2.05) is 0 Å². The molecule has 0 saturated carbocycles. The lowest BCUT2D eigenvalue weighted by molar-refractivity contribution is -0.0961. The Morgan fingerprint density at radius 2 is 1.86 bits per heavy atom. The third-order valence-corrected chi connectivity index (χ3v) is 1.68. The molecule has 14 heavy (non-hydrogen) atoms. The third kappa shape index (κ3) is 3.72. The van der Waals surface area contributed by atoms with Gasteiger partial charge >= 0.3 is 6.18 Å². The van der Waals surface area contributed by atoms with Crippen LogP contribution < -0.4 is 11.1 Å². The summed E-state index contributed by atoms with van der Waals surface area (Å²) in [5, 5.41) is 2.27. The van der Waals surface area contributed by atoms with Crippen molar-refractivity contribution >= 4 is 0 Å². The fourth-order valence-electron chi connectivity index (χ4n) is 0.912. The maximum atomic E-state index is 12.2. The molecule has 0 aromatic heterocycles. The van der Waals surface area contributed by atoms with E-state index in [2.05, 4.69) is 5.32 Å². The second-order valence-corrected chi connectivity index (χ2v) is 3.10. The molecule has 0 aliphatic rings. The molecule has 3 N–H and O–H groups in total. The van der Waals surface area contributed by atoms with E-state index >= 15 is 0 Å². The molecule has 0 radical (unpaired) electrons. The van der Waals surface area contributed by atoms with Gasteiger partial charge in [0.15, 0.2) is 0 Å². The van der Waals surface area contributed by atoms with Crippen LogP contribution in [0.5, 0.6) is 0 Å². The Balaban J connectivity index is 4.65. The Morgan fingerprint density at radius 3 is 2.07 bits per heavy atom. The highest BCUT2D eigenvalue weighted by Gasteiger charge is 2.34. The molecular weight excluding hydrogens is 193 g/mol. The highest BCUT2D eigenvalue weighted by Crippen LogP contribution is 2.24. The van der Waals surface area contributed by atoms with Crippen LogP contribution in [0, 0.1) is 5.92 Å². The first-order valence-corrected chi connectivity index (χ1v) is 4.25. The highest BCUT2D eigenvalue weighted by molar-refractivity contribution is 5.15. The van der Waals surface area contributed by atoms with Crippen molar-refractivity contribution in [3.05, 3.63) is 23.7 Å². The van der Waals surface area contributed by atoms with E-state index in [4.69, 9.17) is 5.73 Å². The average molecular weight is 208 g/mol. The lowest BCUT2D eigenvalue weighted by Gasteiger charge is -2.18. The van der Waals surface area contributed by atoms with E-state index in [-0.39, 0.29) is 5.92 Å². The first kappa shape index (κ1) is 12.9. The van der Waals surface area contributed by atoms with Crippen LogP contribution in [-0.2, 0) is 0 Å². The van der Waals surface area contributed by atoms with Crippen molar-refractivity contribution in [2.45, 2.75) is 26.9 Å². The summed E-state index contributed by atoms with van der Waals surface area (Å²) in [4.78, 5) is 0. The van der Waals surface area contributed by atoms with Crippen molar-refractivity contribution in [2.75, 3.05) is 0 Å². The van der Waals surface area contributed by atoms with Crippen molar-refractivity contribution in [2.24, 2.45) is 11.7 Å². The Hall–Kier alpha value is -1.13. The molecule has 0 aliphatic heterocycles. The number of halogens is 3. The van der Waals surface area contributed by atoms with Crippen LogP contribution in [0.4, 0.5) is 13.2 Å². The summed E-state index contributed by atoms with van der Waals surface area (Å²) in [5.74, 6) is -0.00250. The van der Waals surface area contributed by atoms with Crippen LogP contribution in [0.15, 0.2) is 23.7 Å². The second kappa shape index (κ2) is 4.93. The van der Waals surface area contributed by atoms with Gasteiger partial charge in [0, 0.05) is 11.9 Å². The molecule has 0 amide bonds. The minimum absolute atomic E-state index is 0.00250. The van der Waals surface area contributed by atoms with Crippen molar-refractivity contribution < 1.29 is 13.2 Å². The largest absolute Gasteiger partial charge is 0.432 e. The number of rotatable bonds is 3. The van der Waals surface area contributed by atoms with Crippen molar-refractivity contribution in [3.8, 4) is 0 Å². The lowest BCUT2D eigenvalue weighted by Crippen LogP contribution is -2.28. The van der Waals surface area contributed by atoms with Gasteiger partial charge in [-0.05, 0) is 12.8 Å². The zero-order valence-electron chi connectivity index (χ0n) is 8.44. The van der Waals surface area contributed by atoms with Crippen LogP contribution >= 0.6 is 0 Å². The predicted molar refractivity (Wildman–Crippen MR) is 50.1 cm³/mol. The molecule has 0 aromatic carbocycles. The normalized spacial score (nSPS) is 14.8. The van der Waals surface area contributed by atoms with E-state index < -0.39 is 11.9 Å². The SMILES string of the molecule is C/C=C(\N/C(=C\N)C(F)(F)F)C(C)C. The summed E-state index contributed by atoms with van der Waals surface area (Å²) in [7, 11) is 0. The van der Waals surface area contributed by atoms with Gasteiger partial charge < -0.3 is 11.1 Å². The maximum absolute atomic E-state index is 12.2. The van der Waals surface area contributed by atoms with E-state index in [1.165, 1.54) is 0 Å². The minimum Gasteiger partial charge on any atom is -0.403 e. The van der Waals surface area contributed by atoms with Gasteiger partial charge in [0.1, 0.15) is 5.70 Å². The Bertz CT molecular complexity index is 239. The Labute approximate surface area is 81.7 Å². The number of hydrogen-bond donors (Lipinski definition) is 2. The third-order valence-electron chi connectivity index (χ3n) is 1.68. The maximum Gasteiger partial charge on any atom is 0.432 e. The topological polar surface area (TPSA) is 38.0 Å². The predicted octanol–water partition coefficient (Wildman–Crippen LogP) is 2.50. The molecule has 0 aromatic rings. The summed E-state index contributed by atoms with van der Waals surface area (Å²) in [6.07, 6.45) is -2.30. The molecule has 0 rings (SSSR count). The highest BCUT2D eigenvalue weighted by atomic mass is 19.4. The van der Waals surface area contributed by atoms with Gasteiger partial charge in [-0.15, -0.1) is 0 Å². The molecule has 2 nitrogen and oxygen atoms in total. The number of allylic oxidation sites excluding steroid dienone is 3.